The summed E-state index contributed by atoms with van der Waals surface area (Å²) in [4.78, 5) is 4.45. The van der Waals surface area contributed by atoms with Gasteiger partial charge in [0, 0.05) is 17.5 Å². The van der Waals surface area contributed by atoms with Crippen LogP contribution < -0.4 is 9.47 Å². The minimum Gasteiger partial charge on any atom is -0.490 e. The number of pyridine rings is 1. The van der Waals surface area contributed by atoms with E-state index in [-0.39, 0.29) is 5.41 Å². The molecular formula is C13H19NO2. The van der Waals surface area contributed by atoms with E-state index >= 15 is 0 Å². The third-order valence-electron chi connectivity index (χ3n) is 2.58. The Labute approximate surface area is 96.8 Å². The summed E-state index contributed by atoms with van der Waals surface area (Å²) in [5.74, 6) is 1.50. The molecule has 0 aliphatic heterocycles. The molecule has 2 rings (SSSR count). The molecule has 0 saturated heterocycles. The van der Waals surface area contributed by atoms with Gasteiger partial charge in [-0.25, -0.2) is 4.98 Å². The Balaban J connectivity index is 2.29. The lowest BCUT2D eigenvalue weighted by Crippen LogP contribution is -2.14. The molecule has 16 heavy (non-hydrogen) atoms. The van der Waals surface area contributed by atoms with E-state index in [4.69, 9.17) is 9.47 Å². The first-order valence-electron chi connectivity index (χ1n) is 5.72. The highest BCUT2D eigenvalue weighted by atomic mass is 16.5. The van der Waals surface area contributed by atoms with Crippen LogP contribution in [0.25, 0.3) is 0 Å². The summed E-state index contributed by atoms with van der Waals surface area (Å²) in [5, 5.41) is 0. The van der Waals surface area contributed by atoms with E-state index in [1.807, 2.05) is 12.1 Å². The Kier molecular flexibility index (Phi) is 2.78. The molecule has 0 radical (unpaired) electrons. The Hall–Kier alpha value is -1.25. The van der Waals surface area contributed by atoms with E-state index in [0.29, 0.717) is 12.0 Å². The molecule has 0 amide bonds. The molecule has 1 heterocycles. The van der Waals surface area contributed by atoms with Gasteiger partial charge in [-0.2, -0.15) is 0 Å². The quantitative estimate of drug-likeness (QED) is 0.786. The third kappa shape index (κ3) is 2.65. The SMILES string of the molecule is COc1cc(OC2CC2)cc(C(C)(C)C)n1. The van der Waals surface area contributed by atoms with E-state index in [1.165, 1.54) is 0 Å². The van der Waals surface area contributed by atoms with Crippen molar-refractivity contribution in [1.29, 1.82) is 0 Å². The lowest BCUT2D eigenvalue weighted by atomic mass is 9.91. The van der Waals surface area contributed by atoms with E-state index in [0.717, 1.165) is 24.3 Å². The Morgan fingerprint density at radius 3 is 2.44 bits per heavy atom. The van der Waals surface area contributed by atoms with Crippen molar-refractivity contribution in [3.05, 3.63) is 17.8 Å². The van der Waals surface area contributed by atoms with Crippen LogP contribution in [0, 0.1) is 0 Å². The fourth-order valence-electron chi connectivity index (χ4n) is 1.42. The number of nitrogens with zero attached hydrogens (tertiary/aromatic N) is 1. The number of rotatable bonds is 3. The van der Waals surface area contributed by atoms with Crippen LogP contribution in [0.2, 0.25) is 0 Å². The molecular weight excluding hydrogens is 202 g/mol. The van der Waals surface area contributed by atoms with E-state index in [9.17, 15) is 0 Å². The van der Waals surface area contributed by atoms with Gasteiger partial charge in [-0.05, 0) is 12.8 Å². The van der Waals surface area contributed by atoms with Crippen molar-refractivity contribution in [3.8, 4) is 11.6 Å². The van der Waals surface area contributed by atoms with Crippen LogP contribution in [-0.4, -0.2) is 18.2 Å². The zero-order valence-corrected chi connectivity index (χ0v) is 10.4. The average Bonchev–Trinajstić information content (AvgIpc) is 3.00. The van der Waals surface area contributed by atoms with Gasteiger partial charge in [-0.15, -0.1) is 0 Å². The minimum absolute atomic E-state index is 0.0101. The van der Waals surface area contributed by atoms with Crippen molar-refractivity contribution < 1.29 is 9.47 Å². The molecule has 0 aromatic carbocycles. The second-order valence-electron chi connectivity index (χ2n) is 5.30. The lowest BCUT2D eigenvalue weighted by Gasteiger charge is -2.19. The minimum atomic E-state index is 0.0101. The summed E-state index contributed by atoms with van der Waals surface area (Å²) in [6.07, 6.45) is 2.73. The Morgan fingerprint density at radius 1 is 1.25 bits per heavy atom. The highest BCUT2D eigenvalue weighted by molar-refractivity contribution is 5.33. The molecule has 88 valence electrons. The average molecular weight is 221 g/mol. The van der Waals surface area contributed by atoms with Crippen LogP contribution in [-0.2, 0) is 5.41 Å². The van der Waals surface area contributed by atoms with Gasteiger partial charge >= 0.3 is 0 Å². The number of methoxy groups -OCH3 is 1. The predicted octanol–water partition coefficient (Wildman–Crippen LogP) is 2.93. The first-order chi connectivity index (χ1) is 7.49. The number of hydrogen-bond acceptors (Lipinski definition) is 3. The van der Waals surface area contributed by atoms with Crippen molar-refractivity contribution in [1.82, 2.24) is 4.98 Å². The fraction of sp³-hybridized carbons (Fsp3) is 0.615. The fourth-order valence-corrected chi connectivity index (χ4v) is 1.42. The Bertz CT molecular complexity index is 378. The highest BCUT2D eigenvalue weighted by Crippen LogP contribution is 2.31. The molecule has 3 heteroatoms. The smallest absolute Gasteiger partial charge is 0.216 e. The van der Waals surface area contributed by atoms with Gasteiger partial charge < -0.3 is 9.47 Å². The van der Waals surface area contributed by atoms with Crippen LogP contribution in [0.1, 0.15) is 39.3 Å². The number of ether oxygens (including phenoxy) is 2. The van der Waals surface area contributed by atoms with E-state index in [1.54, 1.807) is 7.11 Å². The Morgan fingerprint density at radius 2 is 1.94 bits per heavy atom. The molecule has 1 saturated carbocycles. The van der Waals surface area contributed by atoms with Gasteiger partial charge in [0.05, 0.1) is 18.9 Å². The summed E-state index contributed by atoms with van der Waals surface area (Å²) in [7, 11) is 1.63. The lowest BCUT2D eigenvalue weighted by molar-refractivity contribution is 0.297. The maximum absolute atomic E-state index is 5.78. The summed E-state index contributed by atoms with van der Waals surface area (Å²) < 4.78 is 11.0. The molecule has 1 aromatic heterocycles. The predicted molar refractivity (Wildman–Crippen MR) is 63.1 cm³/mol. The van der Waals surface area contributed by atoms with E-state index in [2.05, 4.69) is 25.8 Å². The monoisotopic (exact) mass is 221 g/mol. The van der Waals surface area contributed by atoms with Crippen molar-refractivity contribution in [2.45, 2.75) is 45.1 Å². The van der Waals surface area contributed by atoms with Crippen molar-refractivity contribution in [2.75, 3.05) is 7.11 Å². The molecule has 0 unspecified atom stereocenters. The molecule has 1 aromatic rings. The van der Waals surface area contributed by atoms with E-state index < -0.39 is 0 Å². The first kappa shape index (κ1) is 11.2. The summed E-state index contributed by atoms with van der Waals surface area (Å²) in [5.41, 5.74) is 1.01. The van der Waals surface area contributed by atoms with Gasteiger partial charge in [-0.3, -0.25) is 0 Å². The summed E-state index contributed by atoms with van der Waals surface area (Å²) in [6.45, 7) is 6.40. The van der Waals surface area contributed by atoms with Gasteiger partial charge in [0.15, 0.2) is 0 Å². The van der Waals surface area contributed by atoms with Crippen LogP contribution in [0.4, 0.5) is 0 Å². The molecule has 1 aliphatic carbocycles. The van der Waals surface area contributed by atoms with Gasteiger partial charge in [0.25, 0.3) is 0 Å². The normalized spacial score (nSPS) is 16.0. The molecule has 3 nitrogen and oxygen atoms in total. The molecule has 0 atom stereocenters. The summed E-state index contributed by atoms with van der Waals surface area (Å²) in [6, 6.07) is 3.87. The van der Waals surface area contributed by atoms with Gasteiger partial charge in [0.2, 0.25) is 5.88 Å². The molecule has 0 N–H and O–H groups in total. The van der Waals surface area contributed by atoms with Crippen molar-refractivity contribution in [2.24, 2.45) is 0 Å². The van der Waals surface area contributed by atoms with Gasteiger partial charge in [0.1, 0.15) is 5.75 Å². The van der Waals surface area contributed by atoms with Crippen molar-refractivity contribution in [3.63, 3.8) is 0 Å². The molecule has 0 spiro atoms. The number of hydrogen-bond donors (Lipinski definition) is 0. The largest absolute Gasteiger partial charge is 0.490 e. The van der Waals surface area contributed by atoms with Crippen LogP contribution >= 0.6 is 0 Å². The van der Waals surface area contributed by atoms with Crippen LogP contribution in [0.15, 0.2) is 12.1 Å². The maximum atomic E-state index is 5.78. The molecule has 1 fully saturated rings. The zero-order chi connectivity index (χ0) is 11.8. The van der Waals surface area contributed by atoms with Crippen LogP contribution in [0.5, 0.6) is 11.6 Å². The molecule has 0 bridgehead atoms. The standard InChI is InChI=1S/C13H19NO2/c1-13(2,3)11-7-10(16-9-5-6-9)8-12(14-11)15-4/h7-9H,5-6H2,1-4H3. The zero-order valence-electron chi connectivity index (χ0n) is 10.4. The van der Waals surface area contributed by atoms with Crippen LogP contribution in [0.3, 0.4) is 0 Å². The highest BCUT2D eigenvalue weighted by Gasteiger charge is 2.25. The second kappa shape index (κ2) is 3.96. The molecule has 1 aliphatic rings. The number of aromatic nitrogens is 1. The topological polar surface area (TPSA) is 31.4 Å². The summed E-state index contributed by atoms with van der Waals surface area (Å²) >= 11 is 0. The maximum Gasteiger partial charge on any atom is 0.216 e. The second-order valence-corrected chi connectivity index (χ2v) is 5.30. The third-order valence-corrected chi connectivity index (χ3v) is 2.58. The first-order valence-corrected chi connectivity index (χ1v) is 5.72. The van der Waals surface area contributed by atoms with Crippen molar-refractivity contribution >= 4 is 0 Å². The van der Waals surface area contributed by atoms with Gasteiger partial charge in [-0.1, -0.05) is 20.8 Å².